The number of aryl methyl sites for hydroxylation is 1. The zero-order valence-corrected chi connectivity index (χ0v) is 17.0. The van der Waals surface area contributed by atoms with Crippen molar-refractivity contribution in [1.82, 2.24) is 0 Å². The molecular weight excluding hydrogens is 392 g/mol. The SMILES string of the molecule is Cc1ccccc1CS(=O)(=O)Nc1ccc2c(c1)CCN2C(=O)c1cccs1. The summed E-state index contributed by atoms with van der Waals surface area (Å²) < 4.78 is 27.8. The Kier molecular flexibility index (Phi) is 4.95. The molecule has 4 rings (SSSR count). The van der Waals surface area contributed by atoms with Gasteiger partial charge in [0, 0.05) is 17.9 Å². The number of nitrogens with zero attached hydrogens (tertiary/aromatic N) is 1. The summed E-state index contributed by atoms with van der Waals surface area (Å²) in [5.41, 5.74) is 4.08. The van der Waals surface area contributed by atoms with E-state index >= 15 is 0 Å². The zero-order chi connectivity index (χ0) is 19.7. The van der Waals surface area contributed by atoms with Gasteiger partial charge < -0.3 is 4.90 Å². The van der Waals surface area contributed by atoms with Crippen molar-refractivity contribution < 1.29 is 13.2 Å². The molecule has 2 aromatic carbocycles. The predicted octanol–water partition coefficient (Wildman–Crippen LogP) is 4.20. The molecule has 1 aliphatic rings. The molecule has 3 aromatic rings. The second kappa shape index (κ2) is 7.41. The van der Waals surface area contributed by atoms with Crippen molar-refractivity contribution in [3.63, 3.8) is 0 Å². The lowest BCUT2D eigenvalue weighted by molar-refractivity contribution is 0.0993. The highest BCUT2D eigenvalue weighted by Gasteiger charge is 2.26. The third-order valence-electron chi connectivity index (χ3n) is 4.83. The van der Waals surface area contributed by atoms with E-state index in [2.05, 4.69) is 4.72 Å². The number of benzene rings is 2. The standard InChI is InChI=1S/C21H20N2O3S2/c1-15-5-2-3-6-17(15)14-28(25,26)22-18-8-9-19-16(13-18)10-11-23(19)21(24)20-7-4-12-27-20/h2-9,12-13,22H,10-11,14H2,1H3. The average Bonchev–Trinajstić information content (AvgIpc) is 3.32. The van der Waals surface area contributed by atoms with Crippen LogP contribution in [0.5, 0.6) is 0 Å². The summed E-state index contributed by atoms with van der Waals surface area (Å²) in [6.45, 7) is 2.50. The molecular formula is C21H20N2O3S2. The van der Waals surface area contributed by atoms with E-state index in [9.17, 15) is 13.2 Å². The number of sulfonamides is 1. The van der Waals surface area contributed by atoms with Gasteiger partial charge in [-0.05, 0) is 59.7 Å². The Hall–Kier alpha value is -2.64. The number of hydrogen-bond acceptors (Lipinski definition) is 4. The van der Waals surface area contributed by atoms with Gasteiger partial charge in [-0.2, -0.15) is 0 Å². The van der Waals surface area contributed by atoms with Crippen LogP contribution in [0, 0.1) is 6.92 Å². The molecule has 5 nitrogen and oxygen atoms in total. The molecule has 1 amide bonds. The van der Waals surface area contributed by atoms with Crippen molar-refractivity contribution in [2.45, 2.75) is 19.1 Å². The summed E-state index contributed by atoms with van der Waals surface area (Å²) in [7, 11) is -3.52. The van der Waals surface area contributed by atoms with Crippen LogP contribution in [0.1, 0.15) is 26.4 Å². The van der Waals surface area contributed by atoms with Gasteiger partial charge in [0.15, 0.2) is 0 Å². The van der Waals surface area contributed by atoms with E-state index in [-0.39, 0.29) is 11.7 Å². The van der Waals surface area contributed by atoms with Crippen molar-refractivity contribution in [2.75, 3.05) is 16.2 Å². The fourth-order valence-electron chi connectivity index (χ4n) is 3.40. The van der Waals surface area contributed by atoms with Crippen molar-refractivity contribution in [3.05, 3.63) is 81.5 Å². The molecule has 1 N–H and O–H groups in total. The monoisotopic (exact) mass is 412 g/mol. The van der Waals surface area contributed by atoms with Gasteiger partial charge in [-0.3, -0.25) is 9.52 Å². The molecule has 0 saturated carbocycles. The normalized spacial score (nSPS) is 13.4. The molecule has 7 heteroatoms. The Morgan fingerprint density at radius 3 is 2.71 bits per heavy atom. The van der Waals surface area contributed by atoms with E-state index in [1.54, 1.807) is 11.0 Å². The van der Waals surface area contributed by atoms with E-state index in [1.165, 1.54) is 11.3 Å². The molecule has 2 heterocycles. The quantitative estimate of drug-likeness (QED) is 0.683. The number of amides is 1. The Bertz CT molecular complexity index is 1120. The fraction of sp³-hybridized carbons (Fsp3) is 0.190. The summed E-state index contributed by atoms with van der Waals surface area (Å²) in [4.78, 5) is 15.1. The summed E-state index contributed by atoms with van der Waals surface area (Å²) >= 11 is 1.42. The number of anilines is 2. The van der Waals surface area contributed by atoms with E-state index in [0.717, 1.165) is 22.4 Å². The number of nitrogens with one attached hydrogen (secondary N) is 1. The molecule has 0 unspecified atom stereocenters. The van der Waals surface area contributed by atoms with Crippen molar-refractivity contribution in [2.24, 2.45) is 0 Å². The topological polar surface area (TPSA) is 66.5 Å². The Balaban J connectivity index is 1.52. The van der Waals surface area contributed by atoms with Crippen LogP contribution in [0.15, 0.2) is 60.0 Å². The minimum atomic E-state index is -3.52. The van der Waals surface area contributed by atoms with Crippen LogP contribution in [-0.4, -0.2) is 20.9 Å². The van der Waals surface area contributed by atoms with Gasteiger partial charge in [0.05, 0.1) is 10.6 Å². The summed E-state index contributed by atoms with van der Waals surface area (Å²) in [5, 5.41) is 1.89. The minimum Gasteiger partial charge on any atom is -0.307 e. The maximum Gasteiger partial charge on any atom is 0.268 e. The van der Waals surface area contributed by atoms with Crippen molar-refractivity contribution >= 4 is 38.6 Å². The molecule has 1 aromatic heterocycles. The average molecular weight is 413 g/mol. The van der Waals surface area contributed by atoms with Crippen LogP contribution >= 0.6 is 11.3 Å². The van der Waals surface area contributed by atoms with E-state index in [4.69, 9.17) is 0 Å². The minimum absolute atomic E-state index is 0.0124. The molecule has 28 heavy (non-hydrogen) atoms. The van der Waals surface area contributed by atoms with Gasteiger partial charge in [0.2, 0.25) is 10.0 Å². The number of thiophene rings is 1. The largest absolute Gasteiger partial charge is 0.307 e. The Morgan fingerprint density at radius 2 is 1.96 bits per heavy atom. The number of rotatable bonds is 5. The molecule has 0 aliphatic carbocycles. The molecule has 0 atom stereocenters. The first kappa shape index (κ1) is 18.7. The summed E-state index contributed by atoms with van der Waals surface area (Å²) in [6, 6.07) is 16.5. The lowest BCUT2D eigenvalue weighted by Gasteiger charge is -2.17. The van der Waals surface area contributed by atoms with Gasteiger partial charge in [-0.15, -0.1) is 11.3 Å². The third kappa shape index (κ3) is 3.81. The Morgan fingerprint density at radius 1 is 1.14 bits per heavy atom. The maximum atomic E-state index is 12.6. The van der Waals surface area contributed by atoms with Crippen LogP contribution in [0.3, 0.4) is 0 Å². The van der Waals surface area contributed by atoms with Crippen LogP contribution in [0.4, 0.5) is 11.4 Å². The lowest BCUT2D eigenvalue weighted by Crippen LogP contribution is -2.28. The Labute approximate surface area is 168 Å². The highest BCUT2D eigenvalue weighted by atomic mass is 32.2. The van der Waals surface area contributed by atoms with Gasteiger partial charge in [-0.1, -0.05) is 30.3 Å². The second-order valence-corrected chi connectivity index (χ2v) is 9.49. The third-order valence-corrected chi connectivity index (χ3v) is 6.93. The van der Waals surface area contributed by atoms with Crippen LogP contribution in [0.25, 0.3) is 0 Å². The van der Waals surface area contributed by atoms with Gasteiger partial charge >= 0.3 is 0 Å². The predicted molar refractivity (Wildman–Crippen MR) is 114 cm³/mol. The molecule has 0 saturated heterocycles. The fourth-order valence-corrected chi connectivity index (χ4v) is 5.37. The lowest BCUT2D eigenvalue weighted by atomic mass is 10.1. The van der Waals surface area contributed by atoms with Crippen LogP contribution < -0.4 is 9.62 Å². The molecule has 0 radical (unpaired) electrons. The number of carbonyl (C=O) groups excluding carboxylic acids is 1. The van der Waals surface area contributed by atoms with Crippen molar-refractivity contribution in [3.8, 4) is 0 Å². The highest BCUT2D eigenvalue weighted by Crippen LogP contribution is 2.32. The summed E-state index contributed by atoms with van der Waals surface area (Å²) in [6.07, 6.45) is 0.708. The molecule has 1 aliphatic heterocycles. The smallest absolute Gasteiger partial charge is 0.268 e. The number of hydrogen-bond donors (Lipinski definition) is 1. The zero-order valence-electron chi connectivity index (χ0n) is 15.4. The van der Waals surface area contributed by atoms with Gasteiger partial charge in [0.25, 0.3) is 5.91 Å². The van der Waals surface area contributed by atoms with Crippen molar-refractivity contribution in [1.29, 1.82) is 0 Å². The first-order chi connectivity index (χ1) is 13.4. The van der Waals surface area contributed by atoms with E-state index < -0.39 is 10.0 Å². The van der Waals surface area contributed by atoms with E-state index in [0.29, 0.717) is 23.5 Å². The van der Waals surface area contributed by atoms with E-state index in [1.807, 2.05) is 60.8 Å². The maximum absolute atomic E-state index is 12.6. The second-order valence-electron chi connectivity index (χ2n) is 6.82. The van der Waals surface area contributed by atoms with Gasteiger partial charge in [-0.25, -0.2) is 8.42 Å². The first-order valence-electron chi connectivity index (χ1n) is 8.96. The molecule has 0 fully saturated rings. The molecule has 0 spiro atoms. The number of fused-ring (bicyclic) bond motifs is 1. The molecule has 144 valence electrons. The van der Waals surface area contributed by atoms with Crippen LogP contribution in [0.2, 0.25) is 0 Å². The highest BCUT2D eigenvalue weighted by molar-refractivity contribution is 7.91. The van der Waals surface area contributed by atoms with Crippen LogP contribution in [-0.2, 0) is 22.2 Å². The number of carbonyl (C=O) groups is 1. The first-order valence-corrected chi connectivity index (χ1v) is 11.5. The van der Waals surface area contributed by atoms with Gasteiger partial charge in [0.1, 0.15) is 0 Å². The summed E-state index contributed by atoms with van der Waals surface area (Å²) in [5.74, 6) is -0.0821. The molecule has 0 bridgehead atoms.